The van der Waals surface area contributed by atoms with Crippen molar-refractivity contribution >= 4 is 15.7 Å². The standard InChI is InChI=1S/C25H30F3NO5S/c1-17-2-4-20-12-19(14-25(26,27)28)3-6-23(20)29(17)35(31,32)22-5-7-24(21(13-22)15-30)34-16-18-8-10-33-11-9-18/h3,5-7,12-13,17-18,30H,2,4,8-11,14-16H2,1H3. The van der Waals surface area contributed by atoms with Crippen molar-refractivity contribution < 1.29 is 36.2 Å². The minimum Gasteiger partial charge on any atom is -0.493 e. The molecule has 1 saturated heterocycles. The van der Waals surface area contributed by atoms with Crippen LogP contribution >= 0.6 is 0 Å². The molecule has 10 heteroatoms. The van der Waals surface area contributed by atoms with Gasteiger partial charge < -0.3 is 14.6 Å². The number of aliphatic hydroxyl groups is 1. The average Bonchev–Trinajstić information content (AvgIpc) is 2.82. The van der Waals surface area contributed by atoms with E-state index in [4.69, 9.17) is 9.47 Å². The number of benzene rings is 2. The number of aryl methyl sites for hydroxylation is 1. The van der Waals surface area contributed by atoms with Crippen LogP contribution in [-0.4, -0.2) is 45.6 Å². The molecule has 0 aromatic heterocycles. The van der Waals surface area contributed by atoms with E-state index >= 15 is 0 Å². The number of nitrogens with zero attached hydrogens (tertiary/aromatic N) is 1. The van der Waals surface area contributed by atoms with Crippen LogP contribution in [0.1, 0.15) is 42.9 Å². The number of hydrogen-bond donors (Lipinski definition) is 1. The number of halogens is 3. The van der Waals surface area contributed by atoms with Gasteiger partial charge in [0, 0.05) is 24.8 Å². The van der Waals surface area contributed by atoms with Crippen LogP contribution in [-0.2, 0) is 34.2 Å². The van der Waals surface area contributed by atoms with Crippen LogP contribution in [0.25, 0.3) is 0 Å². The zero-order chi connectivity index (χ0) is 25.2. The minimum absolute atomic E-state index is 0.000894. The fraction of sp³-hybridized carbons (Fsp3) is 0.520. The Morgan fingerprint density at radius 1 is 1.11 bits per heavy atom. The van der Waals surface area contributed by atoms with Gasteiger partial charge in [-0.25, -0.2) is 8.42 Å². The summed E-state index contributed by atoms with van der Waals surface area (Å²) >= 11 is 0. The second kappa shape index (κ2) is 10.4. The van der Waals surface area contributed by atoms with Crippen LogP contribution in [0.3, 0.4) is 0 Å². The number of sulfonamides is 1. The Hall–Kier alpha value is -2.30. The first kappa shape index (κ1) is 25.8. The summed E-state index contributed by atoms with van der Waals surface area (Å²) in [5.74, 6) is 0.772. The van der Waals surface area contributed by atoms with Gasteiger partial charge >= 0.3 is 6.18 Å². The second-order valence-electron chi connectivity index (χ2n) is 9.24. The first-order chi connectivity index (χ1) is 16.6. The average molecular weight is 514 g/mol. The first-order valence-corrected chi connectivity index (χ1v) is 13.2. The summed E-state index contributed by atoms with van der Waals surface area (Å²) in [6.07, 6.45) is -2.64. The fourth-order valence-electron chi connectivity index (χ4n) is 4.70. The second-order valence-corrected chi connectivity index (χ2v) is 11.1. The van der Waals surface area contributed by atoms with Crippen molar-refractivity contribution in [3.8, 4) is 5.75 Å². The molecular formula is C25H30F3NO5S. The van der Waals surface area contributed by atoms with Crippen LogP contribution in [0.2, 0.25) is 0 Å². The summed E-state index contributed by atoms with van der Waals surface area (Å²) in [6, 6.07) is 8.29. The largest absolute Gasteiger partial charge is 0.493 e. The summed E-state index contributed by atoms with van der Waals surface area (Å²) in [6.45, 7) is 3.22. The Morgan fingerprint density at radius 3 is 2.54 bits per heavy atom. The molecule has 2 aliphatic rings. The van der Waals surface area contributed by atoms with E-state index in [-0.39, 0.29) is 23.1 Å². The lowest BCUT2D eigenvalue weighted by Crippen LogP contribution is -2.42. The lowest BCUT2D eigenvalue weighted by molar-refractivity contribution is -0.127. The van der Waals surface area contributed by atoms with Crippen LogP contribution in [0.4, 0.5) is 18.9 Å². The summed E-state index contributed by atoms with van der Waals surface area (Å²) in [4.78, 5) is -0.000894. The lowest BCUT2D eigenvalue weighted by atomic mass is 9.96. The highest BCUT2D eigenvalue weighted by molar-refractivity contribution is 7.92. The maximum atomic E-state index is 13.7. The van der Waals surface area contributed by atoms with Crippen LogP contribution < -0.4 is 9.04 Å². The van der Waals surface area contributed by atoms with E-state index in [1.54, 1.807) is 13.0 Å². The number of aliphatic hydroxyl groups excluding tert-OH is 1. The van der Waals surface area contributed by atoms with Gasteiger partial charge in [-0.2, -0.15) is 13.2 Å². The monoisotopic (exact) mass is 513 g/mol. The number of hydrogen-bond acceptors (Lipinski definition) is 5. The number of rotatable bonds is 7. The third-order valence-electron chi connectivity index (χ3n) is 6.59. The lowest BCUT2D eigenvalue weighted by Gasteiger charge is -2.36. The highest BCUT2D eigenvalue weighted by Gasteiger charge is 2.35. The smallest absolute Gasteiger partial charge is 0.393 e. The van der Waals surface area contributed by atoms with Gasteiger partial charge in [-0.1, -0.05) is 12.1 Å². The van der Waals surface area contributed by atoms with Crippen LogP contribution in [0.15, 0.2) is 41.3 Å². The Morgan fingerprint density at radius 2 is 1.86 bits per heavy atom. The molecular weight excluding hydrogens is 483 g/mol. The molecule has 2 aliphatic heterocycles. The molecule has 0 radical (unpaired) electrons. The van der Waals surface area contributed by atoms with E-state index in [9.17, 15) is 26.7 Å². The predicted octanol–water partition coefficient (Wildman–Crippen LogP) is 4.62. The van der Waals surface area contributed by atoms with Crippen molar-refractivity contribution in [2.24, 2.45) is 5.92 Å². The van der Waals surface area contributed by atoms with Crippen molar-refractivity contribution in [2.45, 2.75) is 62.7 Å². The third-order valence-corrected chi connectivity index (χ3v) is 8.52. The third kappa shape index (κ3) is 5.92. The van der Waals surface area contributed by atoms with Gasteiger partial charge in [-0.05, 0) is 73.9 Å². The van der Waals surface area contributed by atoms with Gasteiger partial charge in [-0.15, -0.1) is 0 Å². The topological polar surface area (TPSA) is 76.1 Å². The molecule has 0 amide bonds. The molecule has 1 fully saturated rings. The van der Waals surface area contributed by atoms with E-state index < -0.39 is 22.6 Å². The van der Waals surface area contributed by atoms with E-state index in [0.29, 0.717) is 61.1 Å². The van der Waals surface area contributed by atoms with Gasteiger partial charge in [0.1, 0.15) is 5.75 Å². The van der Waals surface area contributed by atoms with Gasteiger partial charge in [0.2, 0.25) is 0 Å². The minimum atomic E-state index is -4.34. The molecule has 0 spiro atoms. The Kier molecular flexibility index (Phi) is 7.63. The predicted molar refractivity (Wildman–Crippen MR) is 125 cm³/mol. The van der Waals surface area contributed by atoms with Crippen molar-refractivity contribution in [2.75, 3.05) is 24.1 Å². The first-order valence-electron chi connectivity index (χ1n) is 11.8. The number of alkyl halides is 3. The molecule has 0 saturated carbocycles. The zero-order valence-corrected chi connectivity index (χ0v) is 20.4. The maximum absolute atomic E-state index is 13.7. The molecule has 4 rings (SSSR count). The summed E-state index contributed by atoms with van der Waals surface area (Å²) in [5, 5.41) is 9.89. The molecule has 2 aromatic rings. The Labute approximate surface area is 203 Å². The molecule has 1 unspecified atom stereocenters. The molecule has 2 aromatic carbocycles. The highest BCUT2D eigenvalue weighted by Crippen LogP contribution is 2.37. The summed E-state index contributed by atoms with van der Waals surface area (Å²) in [5.41, 5.74) is 1.44. The molecule has 1 N–H and O–H groups in total. The highest BCUT2D eigenvalue weighted by atomic mass is 32.2. The Balaban J connectivity index is 1.60. The number of fused-ring (bicyclic) bond motifs is 1. The fourth-order valence-corrected chi connectivity index (χ4v) is 6.47. The van der Waals surface area contributed by atoms with Crippen LogP contribution in [0.5, 0.6) is 5.75 Å². The SMILES string of the molecule is CC1CCc2cc(CC(F)(F)F)ccc2N1S(=O)(=O)c1ccc(OCC2CCOCC2)c(CO)c1. The molecule has 35 heavy (non-hydrogen) atoms. The molecule has 192 valence electrons. The van der Waals surface area contributed by atoms with Crippen molar-refractivity contribution in [1.82, 2.24) is 0 Å². The van der Waals surface area contributed by atoms with E-state index in [1.165, 1.54) is 34.6 Å². The van der Waals surface area contributed by atoms with Crippen molar-refractivity contribution in [3.05, 3.63) is 53.1 Å². The normalized spacial score (nSPS) is 19.5. The number of ether oxygens (including phenoxy) is 2. The van der Waals surface area contributed by atoms with E-state index in [1.807, 2.05) is 0 Å². The maximum Gasteiger partial charge on any atom is 0.393 e. The molecule has 0 aliphatic carbocycles. The molecule has 2 heterocycles. The zero-order valence-electron chi connectivity index (χ0n) is 19.6. The quantitative estimate of drug-likeness (QED) is 0.585. The number of anilines is 1. The molecule has 1 atom stereocenters. The van der Waals surface area contributed by atoms with Crippen LogP contribution in [0, 0.1) is 5.92 Å². The van der Waals surface area contributed by atoms with E-state index in [2.05, 4.69) is 0 Å². The van der Waals surface area contributed by atoms with Gasteiger partial charge in [0.05, 0.1) is 30.2 Å². The van der Waals surface area contributed by atoms with Gasteiger partial charge in [0.15, 0.2) is 0 Å². The molecule has 0 bridgehead atoms. The summed E-state index contributed by atoms with van der Waals surface area (Å²) < 4.78 is 78.4. The van der Waals surface area contributed by atoms with Gasteiger partial charge in [0.25, 0.3) is 10.0 Å². The molecule has 6 nitrogen and oxygen atoms in total. The van der Waals surface area contributed by atoms with E-state index in [0.717, 1.165) is 12.8 Å². The Bertz CT molecular complexity index is 1150. The van der Waals surface area contributed by atoms with Crippen molar-refractivity contribution in [3.63, 3.8) is 0 Å². The van der Waals surface area contributed by atoms with Gasteiger partial charge in [-0.3, -0.25) is 4.31 Å². The summed E-state index contributed by atoms with van der Waals surface area (Å²) in [7, 11) is -4.03. The van der Waals surface area contributed by atoms with Crippen molar-refractivity contribution in [1.29, 1.82) is 0 Å².